The number of carboxylic acids is 1. The normalized spacial score (nSPS) is 12.5. The van der Waals surface area contributed by atoms with Crippen molar-refractivity contribution in [2.24, 2.45) is 0 Å². The minimum Gasteiger partial charge on any atom is -0.494 e. The van der Waals surface area contributed by atoms with Gasteiger partial charge in [0.05, 0.1) is 12.7 Å². The number of methoxy groups -OCH3 is 1. The van der Waals surface area contributed by atoms with Crippen molar-refractivity contribution >= 4 is 33.5 Å². The summed E-state index contributed by atoms with van der Waals surface area (Å²) in [6, 6.07) is 0.958. The molecule has 0 fully saturated rings. The summed E-state index contributed by atoms with van der Waals surface area (Å²) in [5, 5.41) is 11.1. The molecule has 8 nitrogen and oxygen atoms in total. The minimum absolute atomic E-state index is 0.0113. The van der Waals surface area contributed by atoms with Crippen LogP contribution in [0.4, 0.5) is 0 Å². The second-order valence-corrected chi connectivity index (χ2v) is 6.36. The van der Waals surface area contributed by atoms with E-state index in [0.29, 0.717) is 0 Å². The molecule has 10 heteroatoms. The predicted molar refractivity (Wildman–Crippen MR) is 78.8 cm³/mol. The van der Waals surface area contributed by atoms with Crippen molar-refractivity contribution in [1.29, 1.82) is 0 Å². The van der Waals surface area contributed by atoms with Gasteiger partial charge in [0.2, 0.25) is 10.0 Å². The van der Waals surface area contributed by atoms with Crippen LogP contribution < -0.4 is 14.8 Å². The smallest absolute Gasteiger partial charge is 0.321 e. The summed E-state index contributed by atoms with van der Waals surface area (Å²) >= 11 is 5.84. The molecule has 1 aromatic carbocycles. The third kappa shape index (κ3) is 3.87. The van der Waals surface area contributed by atoms with Crippen LogP contribution in [0.15, 0.2) is 17.0 Å². The van der Waals surface area contributed by atoms with Crippen LogP contribution in [0.25, 0.3) is 0 Å². The molecule has 122 valence electrons. The molecule has 0 saturated heterocycles. The van der Waals surface area contributed by atoms with Gasteiger partial charge in [0.15, 0.2) is 5.75 Å². The van der Waals surface area contributed by atoms with Crippen LogP contribution in [0.2, 0.25) is 5.02 Å². The second-order valence-electron chi connectivity index (χ2n) is 4.25. The minimum atomic E-state index is -4.25. The molecule has 0 heterocycles. The number of carboxylic acid groups (broad SMARTS) is 1. The number of benzene rings is 1. The number of carbonyl (C=O) groups is 2. The Morgan fingerprint density at radius 2 is 1.95 bits per heavy atom. The molecule has 0 unspecified atom stereocenters. The number of sulfonamides is 1. The largest absolute Gasteiger partial charge is 0.494 e. The summed E-state index contributed by atoms with van der Waals surface area (Å²) in [5.41, 5.74) is -0.0825. The molecule has 22 heavy (non-hydrogen) atoms. The summed E-state index contributed by atoms with van der Waals surface area (Å²) in [6.45, 7) is 1.16. The van der Waals surface area contributed by atoms with Crippen molar-refractivity contribution in [3.05, 3.63) is 22.7 Å². The summed E-state index contributed by atoms with van der Waals surface area (Å²) in [6.07, 6.45) is 0. The lowest BCUT2D eigenvalue weighted by Crippen LogP contribution is -2.38. The molecule has 1 rings (SSSR count). The van der Waals surface area contributed by atoms with Crippen LogP contribution in [0.5, 0.6) is 5.75 Å². The van der Waals surface area contributed by atoms with Crippen LogP contribution in [0.1, 0.15) is 17.3 Å². The number of nitrogens with one attached hydrogen (secondary N) is 2. The molecule has 0 aromatic heterocycles. The third-order valence-corrected chi connectivity index (χ3v) is 4.45. The van der Waals surface area contributed by atoms with Gasteiger partial charge in [0.1, 0.15) is 10.9 Å². The van der Waals surface area contributed by atoms with E-state index in [0.717, 1.165) is 13.0 Å². The number of ether oxygens (including phenoxy) is 1. The number of rotatable bonds is 6. The Morgan fingerprint density at radius 3 is 2.41 bits per heavy atom. The van der Waals surface area contributed by atoms with E-state index >= 15 is 0 Å². The van der Waals surface area contributed by atoms with Gasteiger partial charge in [-0.25, -0.2) is 8.42 Å². The zero-order chi connectivity index (χ0) is 17.1. The number of hydrogen-bond donors (Lipinski definition) is 3. The highest BCUT2D eigenvalue weighted by Crippen LogP contribution is 2.31. The second kappa shape index (κ2) is 6.95. The first-order valence-electron chi connectivity index (χ1n) is 5.98. The lowest BCUT2D eigenvalue weighted by atomic mass is 10.2. The van der Waals surface area contributed by atoms with E-state index in [2.05, 4.69) is 5.32 Å². The van der Waals surface area contributed by atoms with Gasteiger partial charge in [-0.1, -0.05) is 11.6 Å². The first-order valence-corrected chi connectivity index (χ1v) is 7.85. The summed E-state index contributed by atoms with van der Waals surface area (Å²) in [4.78, 5) is 22.2. The molecular formula is C12H15ClN2O6S. The maximum Gasteiger partial charge on any atom is 0.321 e. The molecule has 0 aliphatic carbocycles. The van der Waals surface area contributed by atoms with Gasteiger partial charge in [0, 0.05) is 12.1 Å². The van der Waals surface area contributed by atoms with Gasteiger partial charge in [-0.3, -0.25) is 9.59 Å². The first kappa shape index (κ1) is 18.2. The van der Waals surface area contributed by atoms with E-state index in [1.807, 2.05) is 4.72 Å². The zero-order valence-corrected chi connectivity index (χ0v) is 13.6. The quantitative estimate of drug-likeness (QED) is 0.685. The maximum atomic E-state index is 12.3. The molecule has 0 radical (unpaired) electrons. The summed E-state index contributed by atoms with van der Waals surface area (Å²) in [5.74, 6) is -2.17. The highest BCUT2D eigenvalue weighted by molar-refractivity contribution is 7.89. The van der Waals surface area contributed by atoms with Crippen LogP contribution in [-0.2, 0) is 14.8 Å². The maximum absolute atomic E-state index is 12.3. The molecule has 0 bridgehead atoms. The Morgan fingerprint density at radius 1 is 1.36 bits per heavy atom. The summed E-state index contributed by atoms with van der Waals surface area (Å²) in [7, 11) is -1.70. The monoisotopic (exact) mass is 350 g/mol. The summed E-state index contributed by atoms with van der Waals surface area (Å²) < 4.78 is 31.6. The van der Waals surface area contributed by atoms with Gasteiger partial charge >= 0.3 is 5.97 Å². The van der Waals surface area contributed by atoms with Crippen LogP contribution in [0, 0.1) is 0 Å². The predicted octanol–water partition coefficient (Wildman–Crippen LogP) is 0.460. The number of halogens is 1. The van der Waals surface area contributed by atoms with Crippen molar-refractivity contribution in [1.82, 2.24) is 10.0 Å². The number of carbonyl (C=O) groups excluding carboxylic acids is 1. The Balaban J connectivity index is 3.49. The SMILES string of the molecule is CNC(=O)c1cc(Cl)cc(S(=O)(=O)N[C@@H](C)C(=O)O)c1OC. The van der Waals surface area contributed by atoms with Crippen LogP contribution in [-0.4, -0.2) is 45.6 Å². The fourth-order valence-electron chi connectivity index (χ4n) is 1.63. The first-order chi connectivity index (χ1) is 10.1. The Hall–Kier alpha value is -1.84. The molecule has 0 aliphatic heterocycles. The van der Waals surface area contributed by atoms with E-state index in [-0.39, 0.29) is 16.3 Å². The molecule has 1 aromatic rings. The van der Waals surface area contributed by atoms with Gasteiger partial charge in [-0.05, 0) is 19.1 Å². The standard InChI is InChI=1S/C12H15ClN2O6S/c1-6(12(17)18)15-22(19,20)9-5-7(13)4-8(10(9)21-3)11(16)14-2/h4-6,15H,1-3H3,(H,14,16)(H,17,18)/t6-/m0/s1. The van der Waals surface area contributed by atoms with E-state index < -0.39 is 32.8 Å². The van der Waals surface area contributed by atoms with E-state index in [1.165, 1.54) is 20.2 Å². The average molecular weight is 351 g/mol. The van der Waals surface area contributed by atoms with E-state index in [9.17, 15) is 18.0 Å². The molecule has 0 saturated carbocycles. The van der Waals surface area contributed by atoms with Gasteiger partial charge in [-0.2, -0.15) is 4.72 Å². The topological polar surface area (TPSA) is 122 Å². The van der Waals surface area contributed by atoms with Crippen molar-refractivity contribution in [2.45, 2.75) is 17.9 Å². The molecule has 0 spiro atoms. The Kier molecular flexibility index (Phi) is 5.75. The van der Waals surface area contributed by atoms with Gasteiger partial charge in [0.25, 0.3) is 5.91 Å². The van der Waals surface area contributed by atoms with Crippen LogP contribution in [0.3, 0.4) is 0 Å². The van der Waals surface area contributed by atoms with Crippen molar-refractivity contribution in [3.63, 3.8) is 0 Å². The van der Waals surface area contributed by atoms with Gasteiger partial charge < -0.3 is 15.2 Å². The molecule has 1 atom stereocenters. The number of aliphatic carboxylic acids is 1. The molecule has 3 N–H and O–H groups in total. The average Bonchev–Trinajstić information content (AvgIpc) is 2.44. The number of amides is 1. The Bertz CT molecular complexity index is 704. The highest BCUT2D eigenvalue weighted by atomic mass is 35.5. The van der Waals surface area contributed by atoms with Crippen molar-refractivity contribution in [3.8, 4) is 5.75 Å². The third-order valence-electron chi connectivity index (χ3n) is 2.69. The van der Waals surface area contributed by atoms with Crippen molar-refractivity contribution in [2.75, 3.05) is 14.2 Å². The highest BCUT2D eigenvalue weighted by Gasteiger charge is 2.28. The van der Waals surface area contributed by atoms with Crippen molar-refractivity contribution < 1.29 is 27.9 Å². The zero-order valence-electron chi connectivity index (χ0n) is 12.0. The lowest BCUT2D eigenvalue weighted by molar-refractivity contribution is -0.138. The molecule has 1 amide bonds. The Labute approximate surface area is 132 Å². The lowest BCUT2D eigenvalue weighted by Gasteiger charge is -2.16. The fraction of sp³-hybridized carbons (Fsp3) is 0.333. The number of hydrogen-bond acceptors (Lipinski definition) is 5. The molecular weight excluding hydrogens is 336 g/mol. The van der Waals surface area contributed by atoms with E-state index in [1.54, 1.807) is 0 Å². The molecule has 0 aliphatic rings. The van der Waals surface area contributed by atoms with Crippen LogP contribution >= 0.6 is 11.6 Å². The van der Waals surface area contributed by atoms with E-state index in [4.69, 9.17) is 21.4 Å². The van der Waals surface area contributed by atoms with Gasteiger partial charge in [-0.15, -0.1) is 0 Å². The fourth-order valence-corrected chi connectivity index (χ4v) is 3.32.